The zero-order chi connectivity index (χ0) is 18.7. The van der Waals surface area contributed by atoms with Crippen molar-refractivity contribution in [3.05, 3.63) is 52.0 Å². The first-order chi connectivity index (χ1) is 12.3. The summed E-state index contributed by atoms with van der Waals surface area (Å²) in [5, 5.41) is 3.86. The molecule has 6 nitrogen and oxygen atoms in total. The molecule has 0 atom stereocenters. The van der Waals surface area contributed by atoms with Crippen LogP contribution in [0.1, 0.15) is 25.0 Å². The number of sulfonamides is 1. The molecule has 26 heavy (non-hydrogen) atoms. The maximum Gasteiger partial charge on any atom is 0.276 e. The van der Waals surface area contributed by atoms with Crippen molar-refractivity contribution in [2.75, 3.05) is 6.79 Å². The second-order valence-corrected chi connectivity index (χ2v) is 8.84. The molecule has 1 aliphatic heterocycles. The average Bonchev–Trinajstić information content (AvgIpc) is 3.02. The van der Waals surface area contributed by atoms with Crippen molar-refractivity contribution in [3.63, 3.8) is 0 Å². The average molecular weight is 439 g/mol. The van der Waals surface area contributed by atoms with Crippen molar-refractivity contribution in [3.8, 4) is 11.5 Å². The number of halogens is 1. The molecule has 2 aromatic carbocycles. The molecule has 0 saturated heterocycles. The topological polar surface area (TPSA) is 77.0 Å². The lowest BCUT2D eigenvalue weighted by Gasteiger charge is -2.07. The molecule has 2 aromatic rings. The minimum Gasteiger partial charge on any atom is -0.454 e. The molecular formula is C18H19BrN2O4S. The van der Waals surface area contributed by atoms with E-state index in [1.165, 1.54) is 6.21 Å². The number of ether oxygens (including phenoxy) is 2. The fraction of sp³-hybridized carbons (Fsp3) is 0.278. The Bertz CT molecular complexity index is 925. The summed E-state index contributed by atoms with van der Waals surface area (Å²) >= 11 is 3.40. The van der Waals surface area contributed by atoms with Crippen LogP contribution in [0.2, 0.25) is 0 Å². The normalized spacial score (nSPS) is 13.5. The highest BCUT2D eigenvalue weighted by molar-refractivity contribution is 9.10. The highest BCUT2D eigenvalue weighted by Crippen LogP contribution is 2.36. The number of fused-ring (bicyclic) bond motifs is 1. The van der Waals surface area contributed by atoms with Gasteiger partial charge in [-0.15, -0.1) is 0 Å². The Balaban J connectivity index is 1.71. The fourth-order valence-corrected chi connectivity index (χ4v) is 3.74. The molecule has 1 heterocycles. The van der Waals surface area contributed by atoms with Gasteiger partial charge in [0.05, 0.1) is 11.1 Å². The molecule has 138 valence electrons. The number of hydrogen-bond acceptors (Lipinski definition) is 5. The van der Waals surface area contributed by atoms with E-state index in [1.807, 2.05) is 12.1 Å². The molecule has 1 N–H and O–H groups in total. The Morgan fingerprint density at radius 1 is 1.19 bits per heavy atom. The molecule has 0 spiro atoms. The SMILES string of the molecule is CC(C)Cc1ccc(S(=O)(=O)NN=Cc2cc3c(cc2Br)OCO3)cc1. The molecule has 3 rings (SSSR count). The largest absolute Gasteiger partial charge is 0.454 e. The molecule has 0 saturated carbocycles. The predicted molar refractivity (Wildman–Crippen MR) is 103 cm³/mol. The van der Waals surface area contributed by atoms with Gasteiger partial charge < -0.3 is 9.47 Å². The zero-order valence-corrected chi connectivity index (χ0v) is 16.8. The summed E-state index contributed by atoms with van der Waals surface area (Å²) in [6.45, 7) is 4.41. The number of rotatable bonds is 6. The van der Waals surface area contributed by atoms with Gasteiger partial charge in [-0.25, -0.2) is 4.83 Å². The third kappa shape index (κ3) is 4.37. The van der Waals surface area contributed by atoms with Gasteiger partial charge in [0.2, 0.25) is 6.79 Å². The van der Waals surface area contributed by atoms with Gasteiger partial charge in [-0.3, -0.25) is 0 Å². The van der Waals surface area contributed by atoms with Crippen LogP contribution in [0.4, 0.5) is 0 Å². The van der Waals surface area contributed by atoms with Gasteiger partial charge in [-0.05, 0) is 58.1 Å². The van der Waals surface area contributed by atoms with E-state index in [9.17, 15) is 8.42 Å². The van der Waals surface area contributed by atoms with Crippen LogP contribution < -0.4 is 14.3 Å². The molecule has 1 aliphatic rings. The number of nitrogens with zero attached hydrogens (tertiary/aromatic N) is 1. The van der Waals surface area contributed by atoms with Crippen LogP contribution in [0.15, 0.2) is 50.9 Å². The first-order valence-corrected chi connectivity index (χ1v) is 10.4. The van der Waals surface area contributed by atoms with Crippen LogP contribution in [0.3, 0.4) is 0 Å². The van der Waals surface area contributed by atoms with Crippen molar-refractivity contribution in [2.24, 2.45) is 11.0 Å². The molecule has 0 aromatic heterocycles. The predicted octanol–water partition coefficient (Wildman–Crippen LogP) is 3.69. The summed E-state index contributed by atoms with van der Waals surface area (Å²) < 4.78 is 36.0. The van der Waals surface area contributed by atoms with E-state index in [0.29, 0.717) is 23.0 Å². The van der Waals surface area contributed by atoms with Crippen molar-refractivity contribution in [2.45, 2.75) is 25.2 Å². The summed E-state index contributed by atoms with van der Waals surface area (Å²) in [4.78, 5) is 2.40. The summed E-state index contributed by atoms with van der Waals surface area (Å²) in [5.74, 6) is 1.75. The standard InChI is InChI=1S/C18H19BrN2O4S/c1-12(2)7-13-3-5-15(6-4-13)26(22,23)21-20-10-14-8-17-18(9-16(14)19)25-11-24-17/h3-6,8-10,12,21H,7,11H2,1-2H3. The van der Waals surface area contributed by atoms with E-state index >= 15 is 0 Å². The van der Waals surface area contributed by atoms with Gasteiger partial charge in [0, 0.05) is 10.0 Å². The third-order valence-electron chi connectivity index (χ3n) is 3.75. The van der Waals surface area contributed by atoms with Crippen LogP contribution >= 0.6 is 15.9 Å². The van der Waals surface area contributed by atoms with Gasteiger partial charge in [-0.1, -0.05) is 26.0 Å². The summed E-state index contributed by atoms with van der Waals surface area (Å²) in [7, 11) is -3.72. The smallest absolute Gasteiger partial charge is 0.276 e. The molecular weight excluding hydrogens is 420 g/mol. The van der Waals surface area contributed by atoms with Gasteiger partial charge in [-0.2, -0.15) is 13.5 Å². The molecule has 0 fully saturated rings. The van der Waals surface area contributed by atoms with E-state index in [1.54, 1.807) is 24.3 Å². The van der Waals surface area contributed by atoms with Crippen LogP contribution in [-0.4, -0.2) is 21.4 Å². The Morgan fingerprint density at radius 3 is 2.50 bits per heavy atom. The van der Waals surface area contributed by atoms with Gasteiger partial charge in [0.1, 0.15) is 0 Å². The maximum atomic E-state index is 12.3. The van der Waals surface area contributed by atoms with Crippen molar-refractivity contribution in [1.29, 1.82) is 0 Å². The van der Waals surface area contributed by atoms with Gasteiger partial charge in [0.15, 0.2) is 11.5 Å². The highest BCUT2D eigenvalue weighted by Gasteiger charge is 2.16. The quantitative estimate of drug-likeness (QED) is 0.550. The molecule has 0 aliphatic carbocycles. The van der Waals surface area contributed by atoms with E-state index in [0.717, 1.165) is 16.5 Å². The minimum absolute atomic E-state index is 0.168. The highest BCUT2D eigenvalue weighted by atomic mass is 79.9. The molecule has 0 bridgehead atoms. The second-order valence-electron chi connectivity index (χ2n) is 6.32. The van der Waals surface area contributed by atoms with Crippen molar-refractivity contribution < 1.29 is 17.9 Å². The van der Waals surface area contributed by atoms with E-state index in [2.05, 4.69) is 39.7 Å². The number of benzene rings is 2. The number of hydrazone groups is 1. The van der Waals surface area contributed by atoms with Crippen LogP contribution in [0, 0.1) is 5.92 Å². The van der Waals surface area contributed by atoms with Crippen LogP contribution in [0.5, 0.6) is 11.5 Å². The molecule has 0 amide bonds. The summed E-state index contributed by atoms with van der Waals surface area (Å²) in [6.07, 6.45) is 2.32. The van der Waals surface area contributed by atoms with Crippen LogP contribution in [-0.2, 0) is 16.4 Å². The summed E-state index contributed by atoms with van der Waals surface area (Å²) in [6, 6.07) is 10.3. The van der Waals surface area contributed by atoms with E-state index in [4.69, 9.17) is 9.47 Å². The zero-order valence-electron chi connectivity index (χ0n) is 14.4. The maximum absolute atomic E-state index is 12.3. The first-order valence-electron chi connectivity index (χ1n) is 8.08. The Labute approximate surface area is 161 Å². The van der Waals surface area contributed by atoms with E-state index in [-0.39, 0.29) is 11.7 Å². The van der Waals surface area contributed by atoms with Gasteiger partial charge >= 0.3 is 0 Å². The number of nitrogens with one attached hydrogen (secondary N) is 1. The second kappa shape index (κ2) is 7.67. The lowest BCUT2D eigenvalue weighted by Crippen LogP contribution is -2.18. The van der Waals surface area contributed by atoms with Gasteiger partial charge in [0.25, 0.3) is 10.0 Å². The Hall–Kier alpha value is -2.06. The van der Waals surface area contributed by atoms with Crippen molar-refractivity contribution >= 4 is 32.2 Å². The number of hydrogen-bond donors (Lipinski definition) is 1. The molecule has 0 radical (unpaired) electrons. The Kier molecular flexibility index (Phi) is 5.52. The molecule has 8 heteroatoms. The monoisotopic (exact) mass is 438 g/mol. The third-order valence-corrected chi connectivity index (χ3v) is 5.67. The fourth-order valence-electron chi connectivity index (χ4n) is 2.53. The minimum atomic E-state index is -3.72. The summed E-state index contributed by atoms with van der Waals surface area (Å²) in [5.41, 5.74) is 1.77. The lowest BCUT2D eigenvalue weighted by atomic mass is 10.0. The van der Waals surface area contributed by atoms with E-state index < -0.39 is 10.0 Å². The first kappa shape index (κ1) is 18.7. The van der Waals surface area contributed by atoms with Crippen molar-refractivity contribution in [1.82, 2.24) is 4.83 Å². The molecule has 0 unspecified atom stereocenters. The lowest BCUT2D eigenvalue weighted by molar-refractivity contribution is 0.174. The van der Waals surface area contributed by atoms with Crippen LogP contribution in [0.25, 0.3) is 0 Å². The Morgan fingerprint density at radius 2 is 1.85 bits per heavy atom.